The molecule has 0 aliphatic rings. The van der Waals surface area contributed by atoms with E-state index in [1.807, 2.05) is 0 Å². The van der Waals surface area contributed by atoms with Crippen molar-refractivity contribution < 1.29 is 17.9 Å². The van der Waals surface area contributed by atoms with Gasteiger partial charge in [0.05, 0.1) is 29.3 Å². The minimum Gasteiger partial charge on any atom is -0.495 e. The van der Waals surface area contributed by atoms with E-state index in [1.165, 1.54) is 25.4 Å². The zero-order valence-corrected chi connectivity index (χ0v) is 16.8. The second-order valence-corrected chi connectivity index (χ2v) is 9.24. The zero-order chi connectivity index (χ0) is 19.2. The van der Waals surface area contributed by atoms with Crippen LogP contribution in [0.4, 0.5) is 5.69 Å². The monoisotopic (exact) mass is 396 g/mol. The first kappa shape index (κ1) is 20.4. The van der Waals surface area contributed by atoms with Crippen molar-refractivity contribution >= 4 is 32.8 Å². The number of nitrogens with zero attached hydrogens (tertiary/aromatic N) is 1. The Kier molecular flexibility index (Phi) is 7.16. The lowest BCUT2D eigenvalue weighted by atomic mass is 10.3. The van der Waals surface area contributed by atoms with Crippen LogP contribution in [0.2, 0.25) is 0 Å². The molecular formula is C18H24N2O4S2. The number of amides is 1. The molecule has 1 heterocycles. The molecule has 1 unspecified atom stereocenters. The maximum atomic E-state index is 12.6. The summed E-state index contributed by atoms with van der Waals surface area (Å²) in [5, 5.41) is 4.13. The van der Waals surface area contributed by atoms with Gasteiger partial charge in [-0.3, -0.25) is 4.79 Å². The Balaban J connectivity index is 2.05. The Morgan fingerprint density at radius 2 is 2.08 bits per heavy atom. The SMILES string of the molecule is CCCCc1nc(CS(=O)(=O)C(C)C(=O)Nc2ccccc2OC)cs1. The van der Waals surface area contributed by atoms with Crippen LogP contribution in [0, 0.1) is 0 Å². The molecular weight excluding hydrogens is 372 g/mol. The third-order valence-corrected chi connectivity index (χ3v) is 6.91. The van der Waals surface area contributed by atoms with Gasteiger partial charge in [0.1, 0.15) is 11.0 Å². The highest BCUT2D eigenvalue weighted by Gasteiger charge is 2.29. The number of hydrogen-bond acceptors (Lipinski definition) is 6. The van der Waals surface area contributed by atoms with E-state index in [1.54, 1.807) is 29.6 Å². The van der Waals surface area contributed by atoms with Crippen LogP contribution in [0.3, 0.4) is 0 Å². The summed E-state index contributed by atoms with van der Waals surface area (Å²) in [4.78, 5) is 16.8. The van der Waals surface area contributed by atoms with E-state index in [-0.39, 0.29) is 5.75 Å². The van der Waals surface area contributed by atoms with Gasteiger partial charge in [-0.2, -0.15) is 0 Å². The van der Waals surface area contributed by atoms with Crippen LogP contribution in [-0.4, -0.2) is 31.7 Å². The maximum absolute atomic E-state index is 12.6. The number of rotatable bonds is 9. The third kappa shape index (κ3) is 5.28. The number of carbonyl (C=O) groups excluding carboxylic acids is 1. The third-order valence-electron chi connectivity index (χ3n) is 3.97. The van der Waals surface area contributed by atoms with Gasteiger partial charge in [-0.25, -0.2) is 13.4 Å². The largest absolute Gasteiger partial charge is 0.495 e. The van der Waals surface area contributed by atoms with Gasteiger partial charge in [-0.1, -0.05) is 25.5 Å². The van der Waals surface area contributed by atoms with Crippen LogP contribution in [0.1, 0.15) is 37.4 Å². The van der Waals surface area contributed by atoms with Gasteiger partial charge in [-0.15, -0.1) is 11.3 Å². The molecule has 0 bridgehead atoms. The van der Waals surface area contributed by atoms with Gasteiger partial charge < -0.3 is 10.1 Å². The maximum Gasteiger partial charge on any atom is 0.242 e. The molecule has 0 saturated heterocycles. The fourth-order valence-corrected chi connectivity index (χ4v) is 4.48. The number of ether oxygens (including phenoxy) is 1. The number of benzene rings is 1. The molecule has 0 aliphatic heterocycles. The van der Waals surface area contributed by atoms with Gasteiger partial charge in [-0.05, 0) is 31.9 Å². The highest BCUT2D eigenvalue weighted by Crippen LogP contribution is 2.24. The highest BCUT2D eigenvalue weighted by molar-refractivity contribution is 7.92. The molecule has 1 aromatic carbocycles. The minimum absolute atomic E-state index is 0.240. The molecule has 2 rings (SSSR count). The lowest BCUT2D eigenvalue weighted by Gasteiger charge is -2.14. The Morgan fingerprint density at radius 3 is 2.77 bits per heavy atom. The van der Waals surface area contributed by atoms with Crippen molar-refractivity contribution in [2.24, 2.45) is 0 Å². The first-order valence-corrected chi connectivity index (χ1v) is 11.1. The average Bonchev–Trinajstić information content (AvgIpc) is 3.06. The summed E-state index contributed by atoms with van der Waals surface area (Å²) in [7, 11) is -2.18. The van der Waals surface area contributed by atoms with E-state index < -0.39 is 21.0 Å². The van der Waals surface area contributed by atoms with E-state index in [0.717, 1.165) is 24.3 Å². The van der Waals surface area contributed by atoms with E-state index in [0.29, 0.717) is 17.1 Å². The predicted molar refractivity (Wildman–Crippen MR) is 104 cm³/mol. The van der Waals surface area contributed by atoms with Gasteiger partial charge in [0.2, 0.25) is 5.91 Å². The number of hydrogen-bond donors (Lipinski definition) is 1. The lowest BCUT2D eigenvalue weighted by molar-refractivity contribution is -0.115. The number of anilines is 1. The van der Waals surface area contributed by atoms with Crippen LogP contribution < -0.4 is 10.1 Å². The Bertz CT molecular complexity index is 846. The summed E-state index contributed by atoms with van der Waals surface area (Å²) in [6.45, 7) is 3.49. The van der Waals surface area contributed by atoms with Crippen LogP contribution >= 0.6 is 11.3 Å². The van der Waals surface area contributed by atoms with Crippen molar-refractivity contribution in [1.29, 1.82) is 0 Å². The van der Waals surface area contributed by atoms with Crippen molar-refractivity contribution in [3.8, 4) is 5.75 Å². The van der Waals surface area contributed by atoms with E-state index >= 15 is 0 Å². The molecule has 1 N–H and O–H groups in total. The van der Waals surface area contributed by atoms with E-state index in [4.69, 9.17) is 4.74 Å². The first-order valence-electron chi connectivity index (χ1n) is 8.46. The number of sulfone groups is 1. The zero-order valence-electron chi connectivity index (χ0n) is 15.2. The van der Waals surface area contributed by atoms with Crippen molar-refractivity contribution in [3.05, 3.63) is 40.3 Å². The van der Waals surface area contributed by atoms with Gasteiger partial charge in [0, 0.05) is 5.38 Å². The van der Waals surface area contributed by atoms with E-state index in [2.05, 4.69) is 17.2 Å². The van der Waals surface area contributed by atoms with Crippen molar-refractivity contribution in [2.75, 3.05) is 12.4 Å². The number of unbranched alkanes of at least 4 members (excludes halogenated alkanes) is 1. The van der Waals surface area contributed by atoms with Crippen LogP contribution in [-0.2, 0) is 26.8 Å². The molecule has 0 aliphatic carbocycles. The number of nitrogens with one attached hydrogen (secondary N) is 1. The Hall–Kier alpha value is -1.93. The summed E-state index contributed by atoms with van der Waals surface area (Å²) in [5.41, 5.74) is 0.940. The van der Waals surface area contributed by atoms with Crippen LogP contribution in [0.15, 0.2) is 29.6 Å². The normalized spacial score (nSPS) is 12.6. The Morgan fingerprint density at radius 1 is 1.35 bits per heavy atom. The molecule has 1 amide bonds. The van der Waals surface area contributed by atoms with Gasteiger partial charge in [0.25, 0.3) is 0 Å². The predicted octanol–water partition coefficient (Wildman–Crippen LogP) is 3.44. The molecule has 8 heteroatoms. The van der Waals surface area contributed by atoms with Crippen molar-refractivity contribution in [1.82, 2.24) is 4.98 Å². The van der Waals surface area contributed by atoms with Gasteiger partial charge in [0.15, 0.2) is 9.84 Å². The van der Waals surface area contributed by atoms with Crippen molar-refractivity contribution in [2.45, 2.75) is 44.1 Å². The number of thiazole rings is 1. The Labute approximate surface area is 158 Å². The van der Waals surface area contributed by atoms with Gasteiger partial charge >= 0.3 is 0 Å². The first-order chi connectivity index (χ1) is 12.4. The van der Waals surface area contributed by atoms with E-state index in [9.17, 15) is 13.2 Å². The fraction of sp³-hybridized carbons (Fsp3) is 0.444. The van der Waals surface area contributed by atoms with Crippen LogP contribution in [0.5, 0.6) is 5.75 Å². The molecule has 6 nitrogen and oxygen atoms in total. The number of para-hydroxylation sites is 2. The number of aromatic nitrogens is 1. The highest BCUT2D eigenvalue weighted by atomic mass is 32.2. The standard InChI is InChI=1S/C18H24N2O4S2/c1-4-5-10-17-19-14(11-25-17)12-26(22,23)13(2)18(21)20-15-8-6-7-9-16(15)24-3/h6-9,11,13H,4-5,10,12H2,1-3H3,(H,20,21). The van der Waals surface area contributed by atoms with Crippen LogP contribution in [0.25, 0.3) is 0 Å². The van der Waals surface area contributed by atoms with Crippen molar-refractivity contribution in [3.63, 3.8) is 0 Å². The summed E-state index contributed by atoms with van der Waals surface area (Å²) in [5.74, 6) is -0.350. The minimum atomic E-state index is -3.67. The summed E-state index contributed by atoms with van der Waals surface area (Å²) < 4.78 is 30.3. The molecule has 26 heavy (non-hydrogen) atoms. The molecule has 142 valence electrons. The molecule has 0 fully saturated rings. The molecule has 2 aromatic rings. The number of carbonyl (C=O) groups is 1. The molecule has 0 spiro atoms. The topological polar surface area (TPSA) is 85.4 Å². The fourth-order valence-electron chi connectivity index (χ4n) is 2.33. The molecule has 1 atom stereocenters. The summed E-state index contributed by atoms with van der Waals surface area (Å²) in [6, 6.07) is 6.87. The smallest absolute Gasteiger partial charge is 0.242 e. The molecule has 0 radical (unpaired) electrons. The average molecular weight is 397 g/mol. The second kappa shape index (κ2) is 9.14. The molecule has 1 aromatic heterocycles. The number of aryl methyl sites for hydroxylation is 1. The quantitative estimate of drug-likeness (QED) is 0.702. The molecule has 0 saturated carbocycles. The summed E-state index contributed by atoms with van der Waals surface area (Å²) in [6.07, 6.45) is 2.94. The second-order valence-electron chi connectivity index (χ2n) is 5.98. The lowest BCUT2D eigenvalue weighted by Crippen LogP contribution is -2.33. The number of methoxy groups -OCH3 is 1. The summed E-state index contributed by atoms with van der Waals surface area (Å²) >= 11 is 1.47.